The van der Waals surface area contributed by atoms with Crippen LogP contribution >= 0.6 is 11.6 Å². The summed E-state index contributed by atoms with van der Waals surface area (Å²) in [6.45, 7) is 0. The SMILES string of the molecule is N=C(N)Nc1ncc(Cl)c2ccc(S(=O)(=O)NC3CCC3)cc12.O=C(O)O. The van der Waals surface area contributed by atoms with Gasteiger partial charge in [0.25, 0.3) is 0 Å². The smallest absolute Gasteiger partial charge is 0.450 e. The van der Waals surface area contributed by atoms with Gasteiger partial charge in [0.05, 0.1) is 9.92 Å². The zero-order valence-electron chi connectivity index (χ0n) is 13.9. The second kappa shape index (κ2) is 8.37. The van der Waals surface area contributed by atoms with E-state index in [2.05, 4.69) is 15.0 Å². The number of fused-ring (bicyclic) bond motifs is 1. The number of benzene rings is 1. The van der Waals surface area contributed by atoms with Crippen LogP contribution in [-0.4, -0.2) is 41.8 Å². The molecule has 0 amide bonds. The van der Waals surface area contributed by atoms with E-state index in [9.17, 15) is 8.42 Å². The molecule has 1 saturated carbocycles. The highest BCUT2D eigenvalue weighted by molar-refractivity contribution is 7.89. The normalized spacial score (nSPS) is 14.0. The molecule has 27 heavy (non-hydrogen) atoms. The van der Waals surface area contributed by atoms with Gasteiger partial charge in [-0.3, -0.25) is 5.41 Å². The Morgan fingerprint density at radius 2 is 1.93 bits per heavy atom. The first-order valence-electron chi connectivity index (χ1n) is 7.73. The second-order valence-electron chi connectivity index (χ2n) is 5.73. The molecule has 2 aromatic rings. The van der Waals surface area contributed by atoms with E-state index in [1.54, 1.807) is 6.07 Å². The van der Waals surface area contributed by atoms with Crippen LogP contribution in [0.3, 0.4) is 0 Å². The molecule has 1 aromatic carbocycles. The molecule has 0 spiro atoms. The lowest BCUT2D eigenvalue weighted by Crippen LogP contribution is -2.39. The number of anilines is 1. The first-order valence-corrected chi connectivity index (χ1v) is 9.60. The van der Waals surface area contributed by atoms with Gasteiger partial charge in [0.15, 0.2) is 5.96 Å². The molecule has 1 fully saturated rings. The fourth-order valence-corrected chi connectivity index (χ4v) is 3.94. The van der Waals surface area contributed by atoms with Crippen molar-refractivity contribution in [2.75, 3.05) is 5.32 Å². The van der Waals surface area contributed by atoms with Crippen molar-refractivity contribution in [1.82, 2.24) is 9.71 Å². The molecule has 1 aromatic heterocycles. The maximum absolute atomic E-state index is 12.4. The fourth-order valence-electron chi connectivity index (χ4n) is 2.40. The Morgan fingerprint density at radius 3 is 2.44 bits per heavy atom. The maximum atomic E-state index is 12.4. The standard InChI is InChI=1S/C14H16ClN5O2S.CH2O3/c15-12-7-18-13(19-14(16)17)11-6-9(4-5-10(11)12)23(21,22)20-8-2-1-3-8;2-1(3)4/h4-8,20H,1-3H2,(H4,16,17,18,19);(H2,2,3,4). The molecule has 3 rings (SSSR count). The highest BCUT2D eigenvalue weighted by atomic mass is 35.5. The third-order valence-electron chi connectivity index (χ3n) is 3.80. The van der Waals surface area contributed by atoms with Crippen LogP contribution in [0.15, 0.2) is 29.3 Å². The Labute approximate surface area is 159 Å². The van der Waals surface area contributed by atoms with E-state index in [0.29, 0.717) is 15.8 Å². The number of halogens is 1. The summed E-state index contributed by atoms with van der Waals surface area (Å²) in [5.74, 6) is -0.000398. The number of nitrogens with two attached hydrogens (primary N) is 1. The maximum Gasteiger partial charge on any atom is 0.503 e. The number of aromatic nitrogens is 1. The van der Waals surface area contributed by atoms with Crippen LogP contribution < -0.4 is 15.8 Å². The van der Waals surface area contributed by atoms with Gasteiger partial charge < -0.3 is 21.3 Å². The van der Waals surface area contributed by atoms with Gasteiger partial charge in [0.1, 0.15) is 5.82 Å². The zero-order valence-corrected chi connectivity index (χ0v) is 15.5. The molecule has 7 N–H and O–H groups in total. The van der Waals surface area contributed by atoms with Gasteiger partial charge in [-0.05, 0) is 25.0 Å². The number of rotatable bonds is 4. The summed E-state index contributed by atoms with van der Waals surface area (Å²) in [6.07, 6.45) is 2.35. The molecule has 0 saturated heterocycles. The van der Waals surface area contributed by atoms with E-state index in [4.69, 9.17) is 37.8 Å². The molecular formula is C15H18ClN5O5S. The van der Waals surface area contributed by atoms with Crippen molar-refractivity contribution >= 4 is 50.3 Å². The summed E-state index contributed by atoms with van der Waals surface area (Å²) in [5, 5.41) is 25.4. The third-order valence-corrected chi connectivity index (χ3v) is 5.62. The van der Waals surface area contributed by atoms with Gasteiger partial charge >= 0.3 is 6.16 Å². The molecule has 1 heterocycles. The minimum absolute atomic E-state index is 0.00278. The number of hydrogen-bond donors (Lipinski definition) is 6. The molecule has 12 heteroatoms. The fraction of sp³-hybridized carbons (Fsp3) is 0.267. The largest absolute Gasteiger partial charge is 0.503 e. The average Bonchev–Trinajstić information content (AvgIpc) is 2.53. The number of hydrogen-bond acceptors (Lipinski definition) is 5. The number of nitrogens with one attached hydrogen (secondary N) is 3. The Morgan fingerprint density at radius 1 is 1.30 bits per heavy atom. The number of nitrogens with zero attached hydrogens (tertiary/aromatic N) is 1. The van der Waals surface area contributed by atoms with Gasteiger partial charge in [-0.1, -0.05) is 24.1 Å². The van der Waals surface area contributed by atoms with Crippen molar-refractivity contribution in [3.8, 4) is 0 Å². The van der Waals surface area contributed by atoms with Gasteiger partial charge in [0, 0.05) is 23.0 Å². The van der Waals surface area contributed by atoms with E-state index in [1.807, 2.05) is 0 Å². The summed E-state index contributed by atoms with van der Waals surface area (Å²) in [7, 11) is -3.60. The molecule has 1 aliphatic carbocycles. The summed E-state index contributed by atoms with van der Waals surface area (Å²) < 4.78 is 27.6. The summed E-state index contributed by atoms with van der Waals surface area (Å²) in [4.78, 5) is 12.8. The van der Waals surface area contributed by atoms with Crippen LogP contribution in [0, 0.1) is 5.41 Å². The van der Waals surface area contributed by atoms with Crippen LogP contribution in [-0.2, 0) is 10.0 Å². The van der Waals surface area contributed by atoms with Crippen molar-refractivity contribution in [3.05, 3.63) is 29.4 Å². The minimum atomic E-state index is -3.60. The van der Waals surface area contributed by atoms with Crippen LogP contribution in [0.1, 0.15) is 19.3 Å². The predicted molar refractivity (Wildman–Crippen MR) is 101 cm³/mol. The van der Waals surface area contributed by atoms with Crippen molar-refractivity contribution in [2.45, 2.75) is 30.2 Å². The quantitative estimate of drug-likeness (QED) is 0.325. The van der Waals surface area contributed by atoms with Gasteiger partial charge in [-0.25, -0.2) is 22.9 Å². The third kappa shape index (κ3) is 5.42. The second-order valence-corrected chi connectivity index (χ2v) is 7.85. The van der Waals surface area contributed by atoms with E-state index >= 15 is 0 Å². The Hall–Kier alpha value is -2.63. The number of carboxylic acid groups (broad SMARTS) is 2. The lowest BCUT2D eigenvalue weighted by atomic mass is 9.94. The Kier molecular flexibility index (Phi) is 6.41. The molecule has 1 aliphatic rings. The van der Waals surface area contributed by atoms with Crippen LogP contribution in [0.4, 0.5) is 10.6 Å². The number of sulfonamides is 1. The van der Waals surface area contributed by atoms with Crippen molar-refractivity contribution in [3.63, 3.8) is 0 Å². The summed E-state index contributed by atoms with van der Waals surface area (Å²) in [6, 6.07) is 4.62. The Bertz CT molecular complexity index is 974. The Balaban J connectivity index is 0.000000596. The first kappa shape index (κ1) is 20.7. The molecule has 0 aliphatic heterocycles. The van der Waals surface area contributed by atoms with E-state index in [0.717, 1.165) is 19.3 Å². The van der Waals surface area contributed by atoms with Crippen LogP contribution in [0.5, 0.6) is 0 Å². The van der Waals surface area contributed by atoms with Crippen LogP contribution in [0.25, 0.3) is 10.8 Å². The molecule has 0 radical (unpaired) electrons. The molecule has 0 unspecified atom stereocenters. The lowest BCUT2D eigenvalue weighted by Gasteiger charge is -2.26. The number of carbonyl (C=O) groups is 1. The predicted octanol–water partition coefficient (Wildman–Crippen LogP) is 2.25. The molecule has 0 atom stereocenters. The van der Waals surface area contributed by atoms with Gasteiger partial charge in [0.2, 0.25) is 10.0 Å². The minimum Gasteiger partial charge on any atom is -0.450 e. The first-order chi connectivity index (χ1) is 12.6. The van der Waals surface area contributed by atoms with Crippen molar-refractivity contribution < 1.29 is 23.4 Å². The highest BCUT2D eigenvalue weighted by Gasteiger charge is 2.25. The van der Waals surface area contributed by atoms with Gasteiger partial charge in [-0.2, -0.15) is 0 Å². The molecule has 0 bridgehead atoms. The van der Waals surface area contributed by atoms with Crippen LogP contribution in [0.2, 0.25) is 5.02 Å². The number of pyridine rings is 1. The monoisotopic (exact) mass is 415 g/mol. The highest BCUT2D eigenvalue weighted by Crippen LogP contribution is 2.30. The zero-order chi connectivity index (χ0) is 20.2. The number of guanidine groups is 1. The summed E-state index contributed by atoms with van der Waals surface area (Å²) >= 11 is 6.11. The molecule has 146 valence electrons. The van der Waals surface area contributed by atoms with Crippen molar-refractivity contribution in [1.29, 1.82) is 5.41 Å². The van der Waals surface area contributed by atoms with E-state index < -0.39 is 16.2 Å². The van der Waals surface area contributed by atoms with Gasteiger partial charge in [-0.15, -0.1) is 0 Å². The lowest BCUT2D eigenvalue weighted by molar-refractivity contribution is 0.137. The summed E-state index contributed by atoms with van der Waals surface area (Å²) in [5.41, 5.74) is 5.34. The molecule has 10 nitrogen and oxygen atoms in total. The van der Waals surface area contributed by atoms with E-state index in [-0.39, 0.29) is 22.7 Å². The molecular weight excluding hydrogens is 398 g/mol. The average molecular weight is 416 g/mol. The van der Waals surface area contributed by atoms with E-state index in [1.165, 1.54) is 18.3 Å². The topological polar surface area (TPSA) is 178 Å². The van der Waals surface area contributed by atoms with Crippen molar-refractivity contribution in [2.24, 2.45) is 5.73 Å².